The lowest BCUT2D eigenvalue weighted by Crippen LogP contribution is -2.31. The number of hydrogen-bond donors (Lipinski definition) is 1. The first kappa shape index (κ1) is 14.9. The quantitative estimate of drug-likeness (QED) is 0.647. The van der Waals surface area contributed by atoms with Crippen LogP contribution in [-0.2, 0) is 13.0 Å². The van der Waals surface area contributed by atoms with Gasteiger partial charge >= 0.3 is 5.69 Å². The number of aromatic amines is 1. The van der Waals surface area contributed by atoms with E-state index in [2.05, 4.69) is 10.2 Å². The molecule has 1 aromatic heterocycles. The topological polar surface area (TPSA) is 84.3 Å². The first-order valence-corrected chi connectivity index (χ1v) is 6.77. The van der Waals surface area contributed by atoms with Gasteiger partial charge < -0.3 is 0 Å². The van der Waals surface area contributed by atoms with Crippen molar-refractivity contribution in [2.75, 3.05) is 6.54 Å². The maximum absolute atomic E-state index is 11.7. The van der Waals surface area contributed by atoms with E-state index in [9.17, 15) is 14.5 Å². The highest BCUT2D eigenvalue weighted by Crippen LogP contribution is 2.08. The molecule has 0 radical (unpaired) electrons. The van der Waals surface area contributed by atoms with Gasteiger partial charge in [0.05, 0.1) is 13.1 Å². The Morgan fingerprint density at radius 1 is 1.14 bits per heavy atom. The summed E-state index contributed by atoms with van der Waals surface area (Å²) in [5.74, 6) is 0. The number of rotatable bonds is 6. The number of hydrogen-bond acceptors (Lipinski definition) is 4. The van der Waals surface area contributed by atoms with Crippen molar-refractivity contribution < 1.29 is 0 Å². The summed E-state index contributed by atoms with van der Waals surface area (Å²) in [6, 6.07) is 7.83. The van der Waals surface area contributed by atoms with Crippen molar-refractivity contribution >= 4 is 0 Å². The standard InChI is InChI=1S/C15H17N3O3/c1-11-9-18(15(20)17-14(11)19)10-13-6-4-12(5-7-13)3-2-8-16-21/h4-7,9H,2-3,8,10H2,1H3,(H,17,19,20). The van der Waals surface area contributed by atoms with Crippen LogP contribution in [0.2, 0.25) is 0 Å². The summed E-state index contributed by atoms with van der Waals surface area (Å²) in [5.41, 5.74) is 1.85. The molecule has 110 valence electrons. The van der Waals surface area contributed by atoms with Crippen molar-refractivity contribution in [2.24, 2.45) is 5.18 Å². The van der Waals surface area contributed by atoms with Gasteiger partial charge in [-0.05, 0) is 30.9 Å². The Morgan fingerprint density at radius 2 is 1.81 bits per heavy atom. The van der Waals surface area contributed by atoms with Crippen molar-refractivity contribution in [3.8, 4) is 0 Å². The van der Waals surface area contributed by atoms with Crippen molar-refractivity contribution in [3.63, 3.8) is 0 Å². The molecule has 0 saturated carbocycles. The van der Waals surface area contributed by atoms with E-state index in [4.69, 9.17) is 0 Å². The molecule has 1 heterocycles. The molecule has 0 spiro atoms. The fourth-order valence-corrected chi connectivity index (χ4v) is 2.09. The summed E-state index contributed by atoms with van der Waals surface area (Å²) in [5, 5.41) is 2.83. The maximum Gasteiger partial charge on any atom is 0.328 e. The molecule has 2 aromatic rings. The second-order valence-corrected chi connectivity index (χ2v) is 4.97. The Balaban J connectivity index is 2.10. The van der Waals surface area contributed by atoms with Gasteiger partial charge in [0.1, 0.15) is 0 Å². The molecule has 2 rings (SSSR count). The van der Waals surface area contributed by atoms with E-state index in [0.29, 0.717) is 18.7 Å². The van der Waals surface area contributed by atoms with E-state index in [-0.39, 0.29) is 5.56 Å². The molecule has 0 fully saturated rings. The van der Waals surface area contributed by atoms with E-state index in [1.165, 1.54) is 4.57 Å². The number of nitrogens with zero attached hydrogens (tertiary/aromatic N) is 2. The second kappa shape index (κ2) is 6.78. The first-order valence-electron chi connectivity index (χ1n) is 6.77. The fraction of sp³-hybridized carbons (Fsp3) is 0.333. The Kier molecular flexibility index (Phi) is 4.81. The summed E-state index contributed by atoms with van der Waals surface area (Å²) in [7, 11) is 0. The summed E-state index contributed by atoms with van der Waals surface area (Å²) < 4.78 is 1.47. The number of aromatic nitrogens is 2. The average Bonchev–Trinajstić information content (AvgIpc) is 2.47. The Bertz CT molecular complexity index is 729. The van der Waals surface area contributed by atoms with E-state index in [1.54, 1.807) is 13.1 Å². The van der Waals surface area contributed by atoms with Crippen molar-refractivity contribution in [3.05, 3.63) is 72.9 Å². The normalized spacial score (nSPS) is 10.5. The minimum Gasteiger partial charge on any atom is -0.296 e. The summed E-state index contributed by atoms with van der Waals surface area (Å²) in [6.45, 7) is 2.40. The number of nitrogens with one attached hydrogen (secondary N) is 1. The third kappa shape index (κ3) is 3.98. The van der Waals surface area contributed by atoms with Crippen LogP contribution in [0.25, 0.3) is 0 Å². The van der Waals surface area contributed by atoms with Gasteiger partial charge in [-0.25, -0.2) is 4.79 Å². The molecule has 21 heavy (non-hydrogen) atoms. The average molecular weight is 287 g/mol. The summed E-state index contributed by atoms with van der Waals surface area (Å²) >= 11 is 0. The lowest BCUT2D eigenvalue weighted by Gasteiger charge is -2.07. The van der Waals surface area contributed by atoms with Gasteiger partial charge in [0.25, 0.3) is 5.56 Å². The molecule has 0 aliphatic carbocycles. The first-order chi connectivity index (χ1) is 10.1. The molecule has 0 unspecified atom stereocenters. The van der Waals surface area contributed by atoms with Crippen LogP contribution in [0.3, 0.4) is 0 Å². The van der Waals surface area contributed by atoms with Crippen molar-refractivity contribution in [1.29, 1.82) is 0 Å². The number of aryl methyl sites for hydroxylation is 2. The van der Waals surface area contributed by atoms with E-state index < -0.39 is 5.69 Å². The van der Waals surface area contributed by atoms with Crippen LogP contribution in [0, 0.1) is 11.8 Å². The highest BCUT2D eigenvalue weighted by Gasteiger charge is 2.02. The Morgan fingerprint density at radius 3 is 2.48 bits per heavy atom. The molecule has 0 atom stereocenters. The third-order valence-corrected chi connectivity index (χ3v) is 3.28. The third-order valence-electron chi connectivity index (χ3n) is 3.28. The Labute approximate surface area is 121 Å². The molecule has 0 amide bonds. The zero-order chi connectivity index (χ0) is 15.2. The minimum atomic E-state index is -0.410. The van der Waals surface area contributed by atoms with Crippen LogP contribution in [0.4, 0.5) is 0 Å². The molecule has 0 aliphatic rings. The summed E-state index contributed by atoms with van der Waals surface area (Å²) in [6.07, 6.45) is 3.11. The molecule has 6 heteroatoms. The lowest BCUT2D eigenvalue weighted by atomic mass is 10.1. The molecule has 1 N–H and O–H groups in total. The fourth-order valence-electron chi connectivity index (χ4n) is 2.09. The number of nitroso groups, excluding NO2 is 1. The van der Waals surface area contributed by atoms with E-state index in [1.807, 2.05) is 24.3 Å². The predicted octanol–water partition coefficient (Wildman–Crippen LogP) is 1.59. The zero-order valence-corrected chi connectivity index (χ0v) is 11.8. The van der Waals surface area contributed by atoms with Crippen LogP contribution in [0.15, 0.2) is 45.2 Å². The van der Waals surface area contributed by atoms with Crippen LogP contribution in [0.5, 0.6) is 0 Å². The van der Waals surface area contributed by atoms with Crippen LogP contribution in [-0.4, -0.2) is 16.1 Å². The highest BCUT2D eigenvalue weighted by molar-refractivity contribution is 5.23. The number of H-pyrrole nitrogens is 1. The molecule has 0 bridgehead atoms. The lowest BCUT2D eigenvalue weighted by molar-refractivity contribution is 0.713. The van der Waals surface area contributed by atoms with Crippen molar-refractivity contribution in [2.45, 2.75) is 26.3 Å². The van der Waals surface area contributed by atoms with Crippen LogP contribution >= 0.6 is 0 Å². The highest BCUT2D eigenvalue weighted by atomic mass is 16.3. The van der Waals surface area contributed by atoms with Gasteiger partial charge in [0.2, 0.25) is 0 Å². The van der Waals surface area contributed by atoms with Gasteiger partial charge in [-0.1, -0.05) is 29.4 Å². The second-order valence-electron chi connectivity index (χ2n) is 4.97. The molecule has 1 aromatic carbocycles. The van der Waals surface area contributed by atoms with Gasteiger partial charge in [-0.15, -0.1) is 0 Å². The predicted molar refractivity (Wildman–Crippen MR) is 80.6 cm³/mol. The molecular formula is C15H17N3O3. The number of benzene rings is 1. The molecular weight excluding hydrogens is 270 g/mol. The van der Waals surface area contributed by atoms with Gasteiger partial charge in [0, 0.05) is 11.8 Å². The van der Waals surface area contributed by atoms with Crippen LogP contribution in [0.1, 0.15) is 23.1 Å². The van der Waals surface area contributed by atoms with E-state index >= 15 is 0 Å². The van der Waals surface area contributed by atoms with Gasteiger partial charge in [-0.3, -0.25) is 14.3 Å². The maximum atomic E-state index is 11.7. The largest absolute Gasteiger partial charge is 0.328 e. The summed E-state index contributed by atoms with van der Waals surface area (Å²) in [4.78, 5) is 35.3. The Hall–Kier alpha value is -2.50. The SMILES string of the molecule is Cc1cn(Cc2ccc(CCCN=O)cc2)c(=O)[nH]c1=O. The van der Waals surface area contributed by atoms with Gasteiger partial charge in [-0.2, -0.15) is 4.91 Å². The monoisotopic (exact) mass is 287 g/mol. The zero-order valence-electron chi connectivity index (χ0n) is 11.8. The smallest absolute Gasteiger partial charge is 0.296 e. The van der Waals surface area contributed by atoms with Crippen LogP contribution < -0.4 is 11.2 Å². The van der Waals surface area contributed by atoms with E-state index in [0.717, 1.165) is 24.0 Å². The minimum absolute atomic E-state index is 0.327. The molecule has 0 aliphatic heterocycles. The molecule has 0 saturated heterocycles. The van der Waals surface area contributed by atoms with Gasteiger partial charge in [0.15, 0.2) is 0 Å². The van der Waals surface area contributed by atoms with Crippen molar-refractivity contribution in [1.82, 2.24) is 9.55 Å². The molecule has 6 nitrogen and oxygen atoms in total.